The highest BCUT2D eigenvalue weighted by atomic mass is 16.5. The summed E-state index contributed by atoms with van der Waals surface area (Å²) in [6.07, 6.45) is 3.29. The van der Waals surface area contributed by atoms with Gasteiger partial charge in [0.25, 0.3) is 0 Å². The van der Waals surface area contributed by atoms with Crippen LogP contribution in [0.25, 0.3) is 0 Å². The Balaban J connectivity index is 3.67. The summed E-state index contributed by atoms with van der Waals surface area (Å²) >= 11 is 0. The molecule has 0 radical (unpaired) electrons. The second kappa shape index (κ2) is 5.45. The van der Waals surface area contributed by atoms with Gasteiger partial charge in [0.05, 0.1) is 6.10 Å². The van der Waals surface area contributed by atoms with Gasteiger partial charge < -0.3 is 10.5 Å². The lowest BCUT2D eigenvalue weighted by atomic mass is 10.1. The predicted molar refractivity (Wildman–Crippen MR) is 43.9 cm³/mol. The number of methoxy groups -OCH3 is 1. The molecule has 2 nitrogen and oxygen atoms in total. The lowest BCUT2D eigenvalue weighted by molar-refractivity contribution is 0.146. The van der Waals surface area contributed by atoms with Crippen molar-refractivity contribution in [2.75, 3.05) is 13.7 Å². The number of hydrogen-bond acceptors (Lipinski definition) is 2. The van der Waals surface area contributed by atoms with Gasteiger partial charge in [-0.3, -0.25) is 0 Å². The van der Waals surface area contributed by atoms with Gasteiger partial charge in [0.1, 0.15) is 0 Å². The Morgan fingerprint density at radius 3 is 2.70 bits per heavy atom. The molecule has 0 saturated carbocycles. The molecule has 0 aliphatic rings. The van der Waals surface area contributed by atoms with Crippen molar-refractivity contribution in [2.24, 2.45) is 5.73 Å². The topological polar surface area (TPSA) is 35.2 Å². The molecule has 2 heteroatoms. The summed E-state index contributed by atoms with van der Waals surface area (Å²) in [7, 11) is 1.71. The van der Waals surface area contributed by atoms with E-state index < -0.39 is 0 Å². The van der Waals surface area contributed by atoms with Crippen LogP contribution in [0.2, 0.25) is 0 Å². The summed E-state index contributed by atoms with van der Waals surface area (Å²) in [5, 5.41) is 0. The van der Waals surface area contributed by atoms with Gasteiger partial charge in [-0.2, -0.15) is 0 Å². The highest BCUT2D eigenvalue weighted by Crippen LogP contribution is 2.04. The van der Waals surface area contributed by atoms with Crippen LogP contribution in [0.3, 0.4) is 0 Å². The van der Waals surface area contributed by atoms with Gasteiger partial charge in [-0.1, -0.05) is 6.08 Å². The molecule has 0 fully saturated rings. The van der Waals surface area contributed by atoms with Crippen molar-refractivity contribution in [1.82, 2.24) is 0 Å². The first-order valence-electron chi connectivity index (χ1n) is 3.62. The average molecular weight is 143 g/mol. The largest absolute Gasteiger partial charge is 0.377 e. The summed E-state index contributed by atoms with van der Waals surface area (Å²) in [5.74, 6) is 0. The van der Waals surface area contributed by atoms with Crippen LogP contribution in [-0.4, -0.2) is 19.8 Å². The fourth-order valence-corrected chi connectivity index (χ4v) is 0.663. The van der Waals surface area contributed by atoms with E-state index >= 15 is 0 Å². The van der Waals surface area contributed by atoms with Crippen LogP contribution in [0.5, 0.6) is 0 Å². The number of ether oxygens (including phenoxy) is 1. The molecule has 0 aromatic rings. The van der Waals surface area contributed by atoms with Crippen molar-refractivity contribution in [2.45, 2.75) is 26.4 Å². The summed E-state index contributed by atoms with van der Waals surface area (Å²) in [5.41, 5.74) is 6.59. The van der Waals surface area contributed by atoms with Crippen LogP contribution in [-0.2, 0) is 4.74 Å². The molecule has 0 aliphatic carbocycles. The Kier molecular flexibility index (Phi) is 5.26. The van der Waals surface area contributed by atoms with Crippen LogP contribution in [0, 0.1) is 0 Å². The SMILES string of the molecule is COC(C)C(C)=CCCN. The van der Waals surface area contributed by atoms with E-state index in [0.717, 1.165) is 6.42 Å². The molecular formula is C8H17NO. The van der Waals surface area contributed by atoms with Gasteiger partial charge >= 0.3 is 0 Å². The number of nitrogens with two attached hydrogens (primary N) is 1. The van der Waals surface area contributed by atoms with E-state index in [9.17, 15) is 0 Å². The maximum absolute atomic E-state index is 5.33. The van der Waals surface area contributed by atoms with E-state index in [-0.39, 0.29) is 6.10 Å². The lowest BCUT2D eigenvalue weighted by Crippen LogP contribution is -2.06. The van der Waals surface area contributed by atoms with Gasteiger partial charge in [-0.05, 0) is 32.4 Å². The Labute approximate surface area is 63.1 Å². The minimum atomic E-state index is 0.228. The van der Waals surface area contributed by atoms with Crippen molar-refractivity contribution in [3.8, 4) is 0 Å². The lowest BCUT2D eigenvalue weighted by Gasteiger charge is -2.08. The molecule has 0 aliphatic heterocycles. The molecule has 0 saturated heterocycles. The normalized spacial score (nSPS) is 15.4. The summed E-state index contributed by atoms with van der Waals surface area (Å²) in [6, 6.07) is 0. The van der Waals surface area contributed by atoms with Crippen LogP contribution in [0.4, 0.5) is 0 Å². The zero-order chi connectivity index (χ0) is 7.98. The Morgan fingerprint density at radius 2 is 2.30 bits per heavy atom. The van der Waals surface area contributed by atoms with E-state index in [1.165, 1.54) is 5.57 Å². The first kappa shape index (κ1) is 9.66. The Bertz CT molecular complexity index is 110. The third kappa shape index (κ3) is 3.64. The molecule has 0 amide bonds. The maximum Gasteiger partial charge on any atom is 0.0750 e. The molecule has 10 heavy (non-hydrogen) atoms. The first-order chi connectivity index (χ1) is 4.72. The second-order valence-electron chi connectivity index (χ2n) is 2.40. The average Bonchev–Trinajstić information content (AvgIpc) is 1.98. The Hall–Kier alpha value is -0.340. The molecule has 1 atom stereocenters. The smallest absolute Gasteiger partial charge is 0.0750 e. The number of rotatable bonds is 4. The molecule has 0 spiro atoms. The highest BCUT2D eigenvalue weighted by molar-refractivity contribution is 5.03. The fraction of sp³-hybridized carbons (Fsp3) is 0.750. The minimum absolute atomic E-state index is 0.228. The van der Waals surface area contributed by atoms with Gasteiger partial charge in [0.2, 0.25) is 0 Å². The van der Waals surface area contributed by atoms with Gasteiger partial charge in [-0.25, -0.2) is 0 Å². The van der Waals surface area contributed by atoms with E-state index in [2.05, 4.69) is 13.0 Å². The molecule has 1 unspecified atom stereocenters. The monoisotopic (exact) mass is 143 g/mol. The molecule has 0 rings (SSSR count). The predicted octanol–water partition coefficient (Wildman–Crippen LogP) is 1.32. The minimum Gasteiger partial charge on any atom is -0.377 e. The zero-order valence-corrected chi connectivity index (χ0v) is 7.05. The zero-order valence-electron chi connectivity index (χ0n) is 7.05. The van der Waals surface area contributed by atoms with Gasteiger partial charge in [-0.15, -0.1) is 0 Å². The molecule has 60 valence electrons. The van der Waals surface area contributed by atoms with Crippen molar-refractivity contribution >= 4 is 0 Å². The van der Waals surface area contributed by atoms with E-state index in [0.29, 0.717) is 6.54 Å². The van der Waals surface area contributed by atoms with Gasteiger partial charge in [0.15, 0.2) is 0 Å². The molecular weight excluding hydrogens is 126 g/mol. The summed E-state index contributed by atoms with van der Waals surface area (Å²) in [6.45, 7) is 4.81. The van der Waals surface area contributed by atoms with E-state index in [4.69, 9.17) is 10.5 Å². The maximum atomic E-state index is 5.33. The molecule has 0 aromatic carbocycles. The van der Waals surface area contributed by atoms with E-state index in [1.807, 2.05) is 6.92 Å². The summed E-state index contributed by atoms with van der Waals surface area (Å²) in [4.78, 5) is 0. The molecule has 2 N–H and O–H groups in total. The van der Waals surface area contributed by atoms with Crippen molar-refractivity contribution in [1.29, 1.82) is 0 Å². The van der Waals surface area contributed by atoms with Crippen molar-refractivity contribution in [3.63, 3.8) is 0 Å². The highest BCUT2D eigenvalue weighted by Gasteiger charge is 1.98. The third-order valence-electron chi connectivity index (χ3n) is 1.63. The van der Waals surface area contributed by atoms with Crippen LogP contribution in [0.1, 0.15) is 20.3 Å². The van der Waals surface area contributed by atoms with Crippen molar-refractivity contribution < 1.29 is 4.74 Å². The Morgan fingerprint density at radius 1 is 1.70 bits per heavy atom. The fourth-order valence-electron chi connectivity index (χ4n) is 0.663. The van der Waals surface area contributed by atoms with Gasteiger partial charge in [0, 0.05) is 7.11 Å². The van der Waals surface area contributed by atoms with Crippen LogP contribution in [0.15, 0.2) is 11.6 Å². The van der Waals surface area contributed by atoms with E-state index in [1.54, 1.807) is 7.11 Å². The number of hydrogen-bond donors (Lipinski definition) is 1. The standard InChI is InChI=1S/C8H17NO/c1-7(5-4-6-9)8(2)10-3/h5,8H,4,6,9H2,1-3H3. The van der Waals surface area contributed by atoms with Crippen molar-refractivity contribution in [3.05, 3.63) is 11.6 Å². The quantitative estimate of drug-likeness (QED) is 0.602. The molecule has 0 heterocycles. The summed E-state index contributed by atoms with van der Waals surface area (Å²) < 4.78 is 5.10. The van der Waals surface area contributed by atoms with Crippen LogP contribution < -0.4 is 5.73 Å². The molecule has 0 aromatic heterocycles. The molecule has 0 bridgehead atoms. The first-order valence-corrected chi connectivity index (χ1v) is 3.62. The third-order valence-corrected chi connectivity index (χ3v) is 1.63. The van der Waals surface area contributed by atoms with Crippen LogP contribution >= 0.6 is 0 Å². The second-order valence-corrected chi connectivity index (χ2v) is 2.40.